The van der Waals surface area contributed by atoms with E-state index >= 15 is 0 Å². The summed E-state index contributed by atoms with van der Waals surface area (Å²) in [4.78, 5) is 0. The van der Waals surface area contributed by atoms with Crippen molar-refractivity contribution in [2.75, 3.05) is 0 Å². The summed E-state index contributed by atoms with van der Waals surface area (Å²) in [6.45, 7) is 1.83. The highest BCUT2D eigenvalue weighted by Crippen LogP contribution is 2.39. The highest BCUT2D eigenvalue weighted by molar-refractivity contribution is 4.79. The maximum atomic E-state index is 13.3. The Hall–Kier alpha value is -0.140. The minimum absolute atomic E-state index is 0.0810. The highest BCUT2D eigenvalue weighted by atomic mass is 19.3. The van der Waals surface area contributed by atoms with Crippen molar-refractivity contribution in [3.63, 3.8) is 0 Å². The fraction of sp³-hybridized carbons (Fsp3) is 1.00. The summed E-state index contributed by atoms with van der Waals surface area (Å²) in [6, 6.07) is 0. The molecule has 0 spiro atoms. The summed E-state index contributed by atoms with van der Waals surface area (Å²) in [5.74, 6) is -2.69. The SMILES string of the molecule is CCCC(F)(F)C1CCCCC1. The van der Waals surface area contributed by atoms with Crippen molar-refractivity contribution in [3.8, 4) is 0 Å². The maximum Gasteiger partial charge on any atom is 0.250 e. The molecule has 0 bridgehead atoms. The quantitative estimate of drug-likeness (QED) is 0.609. The van der Waals surface area contributed by atoms with Crippen molar-refractivity contribution in [2.24, 2.45) is 5.92 Å². The Kier molecular flexibility index (Phi) is 3.48. The van der Waals surface area contributed by atoms with Crippen molar-refractivity contribution in [1.29, 1.82) is 0 Å². The summed E-state index contributed by atoms with van der Waals surface area (Å²) < 4.78 is 26.6. The van der Waals surface area contributed by atoms with E-state index in [-0.39, 0.29) is 12.3 Å². The molecule has 0 amide bonds. The molecule has 0 nitrogen and oxygen atoms in total. The van der Waals surface area contributed by atoms with Gasteiger partial charge in [-0.2, -0.15) is 0 Å². The molecule has 2 heteroatoms. The van der Waals surface area contributed by atoms with Crippen LogP contribution >= 0.6 is 0 Å². The summed E-state index contributed by atoms with van der Waals surface area (Å²) in [7, 11) is 0. The molecule has 0 aromatic heterocycles. The lowest BCUT2D eigenvalue weighted by Crippen LogP contribution is -2.29. The van der Waals surface area contributed by atoms with Gasteiger partial charge in [0.15, 0.2) is 0 Å². The zero-order valence-corrected chi connectivity index (χ0v) is 7.78. The van der Waals surface area contributed by atoms with E-state index < -0.39 is 5.92 Å². The third kappa shape index (κ3) is 2.43. The van der Waals surface area contributed by atoms with Gasteiger partial charge in [0, 0.05) is 12.3 Å². The third-order valence-electron chi connectivity index (χ3n) is 2.79. The summed E-state index contributed by atoms with van der Waals surface area (Å²) in [6.07, 6.45) is 5.33. The lowest BCUT2D eigenvalue weighted by Gasteiger charge is -2.29. The molecule has 0 aromatic rings. The molecule has 12 heavy (non-hydrogen) atoms. The van der Waals surface area contributed by atoms with Crippen molar-refractivity contribution in [1.82, 2.24) is 0 Å². The first-order valence-electron chi connectivity index (χ1n) is 5.04. The Morgan fingerprint density at radius 3 is 2.25 bits per heavy atom. The topological polar surface area (TPSA) is 0 Å². The van der Waals surface area contributed by atoms with Gasteiger partial charge in [0.2, 0.25) is 0 Å². The maximum absolute atomic E-state index is 13.3. The first-order valence-corrected chi connectivity index (χ1v) is 5.04. The monoisotopic (exact) mass is 176 g/mol. The molecular formula is C10H18F2. The number of halogens is 2. The minimum Gasteiger partial charge on any atom is -0.207 e. The Labute approximate surface area is 73.3 Å². The van der Waals surface area contributed by atoms with E-state index in [0.29, 0.717) is 6.42 Å². The highest BCUT2D eigenvalue weighted by Gasteiger charge is 2.38. The fourth-order valence-electron chi connectivity index (χ4n) is 2.06. The first kappa shape index (κ1) is 9.94. The summed E-state index contributed by atoms with van der Waals surface area (Å²) in [5, 5.41) is 0. The predicted molar refractivity (Wildman–Crippen MR) is 46.4 cm³/mol. The Morgan fingerprint density at radius 2 is 1.75 bits per heavy atom. The molecule has 1 aliphatic rings. The van der Waals surface area contributed by atoms with Crippen LogP contribution in [0, 0.1) is 5.92 Å². The van der Waals surface area contributed by atoms with Crippen LogP contribution in [-0.4, -0.2) is 5.92 Å². The second-order valence-corrected chi connectivity index (χ2v) is 3.85. The van der Waals surface area contributed by atoms with Gasteiger partial charge in [-0.25, -0.2) is 8.78 Å². The molecule has 0 aliphatic heterocycles. The number of rotatable bonds is 3. The van der Waals surface area contributed by atoms with E-state index in [1.807, 2.05) is 6.92 Å². The molecule has 1 fully saturated rings. The van der Waals surface area contributed by atoms with Crippen LogP contribution in [0.15, 0.2) is 0 Å². The van der Waals surface area contributed by atoms with Crippen LogP contribution in [0.5, 0.6) is 0 Å². The molecule has 0 unspecified atom stereocenters. The van der Waals surface area contributed by atoms with Crippen LogP contribution < -0.4 is 0 Å². The fourth-order valence-corrected chi connectivity index (χ4v) is 2.06. The minimum atomic E-state index is -2.38. The molecule has 1 rings (SSSR count). The number of hydrogen-bond donors (Lipinski definition) is 0. The second-order valence-electron chi connectivity index (χ2n) is 3.85. The van der Waals surface area contributed by atoms with Crippen LogP contribution in [0.2, 0.25) is 0 Å². The molecule has 1 saturated carbocycles. The normalized spacial score (nSPS) is 21.2. The molecule has 1 aliphatic carbocycles. The smallest absolute Gasteiger partial charge is 0.207 e. The Morgan fingerprint density at radius 1 is 1.17 bits per heavy atom. The van der Waals surface area contributed by atoms with Gasteiger partial charge in [-0.15, -0.1) is 0 Å². The van der Waals surface area contributed by atoms with Crippen LogP contribution in [0.25, 0.3) is 0 Å². The van der Waals surface area contributed by atoms with E-state index in [2.05, 4.69) is 0 Å². The van der Waals surface area contributed by atoms with E-state index in [9.17, 15) is 8.78 Å². The van der Waals surface area contributed by atoms with Gasteiger partial charge in [-0.3, -0.25) is 0 Å². The predicted octanol–water partition coefficient (Wildman–Crippen LogP) is 4.00. The molecule has 0 aromatic carbocycles. The van der Waals surface area contributed by atoms with Crippen LogP contribution in [0.3, 0.4) is 0 Å². The average molecular weight is 176 g/mol. The Balaban J connectivity index is 2.41. The van der Waals surface area contributed by atoms with Crippen LogP contribution in [0.4, 0.5) is 8.78 Å². The molecule has 0 heterocycles. The van der Waals surface area contributed by atoms with Gasteiger partial charge in [0.05, 0.1) is 0 Å². The van der Waals surface area contributed by atoms with Crippen molar-refractivity contribution >= 4 is 0 Å². The molecule has 0 saturated heterocycles. The Bertz CT molecular complexity index is 126. The van der Waals surface area contributed by atoms with Gasteiger partial charge >= 0.3 is 0 Å². The lowest BCUT2D eigenvalue weighted by molar-refractivity contribution is -0.0776. The van der Waals surface area contributed by atoms with Crippen molar-refractivity contribution < 1.29 is 8.78 Å². The molecule has 72 valence electrons. The lowest BCUT2D eigenvalue weighted by atomic mass is 9.83. The first-order chi connectivity index (χ1) is 5.67. The number of alkyl halides is 2. The second kappa shape index (κ2) is 4.20. The van der Waals surface area contributed by atoms with Gasteiger partial charge in [-0.05, 0) is 12.8 Å². The van der Waals surface area contributed by atoms with Crippen molar-refractivity contribution in [2.45, 2.75) is 57.8 Å². The molecule has 0 N–H and O–H groups in total. The number of hydrogen-bond acceptors (Lipinski definition) is 0. The zero-order chi connectivity index (χ0) is 9.03. The van der Waals surface area contributed by atoms with E-state index in [4.69, 9.17) is 0 Å². The molecule has 0 radical (unpaired) electrons. The zero-order valence-electron chi connectivity index (χ0n) is 7.78. The standard InChI is InChI=1S/C10H18F2/c1-2-8-10(11,12)9-6-4-3-5-7-9/h9H,2-8H2,1H3. The summed E-state index contributed by atoms with van der Waals surface area (Å²) >= 11 is 0. The van der Waals surface area contributed by atoms with E-state index in [0.717, 1.165) is 32.1 Å². The molecule has 0 atom stereocenters. The molecular weight excluding hydrogens is 158 g/mol. The van der Waals surface area contributed by atoms with E-state index in [1.54, 1.807) is 0 Å². The van der Waals surface area contributed by atoms with E-state index in [1.165, 1.54) is 0 Å². The largest absolute Gasteiger partial charge is 0.250 e. The van der Waals surface area contributed by atoms with Gasteiger partial charge in [0.1, 0.15) is 0 Å². The van der Waals surface area contributed by atoms with Crippen LogP contribution in [-0.2, 0) is 0 Å². The van der Waals surface area contributed by atoms with Gasteiger partial charge in [-0.1, -0.05) is 32.6 Å². The van der Waals surface area contributed by atoms with Gasteiger partial charge in [0.25, 0.3) is 5.92 Å². The van der Waals surface area contributed by atoms with Gasteiger partial charge < -0.3 is 0 Å². The average Bonchev–Trinajstić information content (AvgIpc) is 2.06. The van der Waals surface area contributed by atoms with Crippen LogP contribution in [0.1, 0.15) is 51.9 Å². The third-order valence-corrected chi connectivity index (χ3v) is 2.79. The summed E-state index contributed by atoms with van der Waals surface area (Å²) in [5.41, 5.74) is 0. The van der Waals surface area contributed by atoms with Crippen molar-refractivity contribution in [3.05, 3.63) is 0 Å².